The van der Waals surface area contributed by atoms with Crippen molar-refractivity contribution < 1.29 is 27.6 Å². The third kappa shape index (κ3) is 6.46. The van der Waals surface area contributed by atoms with E-state index in [1.807, 2.05) is 32.9 Å². The third-order valence-electron chi connectivity index (χ3n) is 11.0. The van der Waals surface area contributed by atoms with E-state index in [4.69, 9.17) is 0 Å². The maximum Gasteiger partial charge on any atom is 0.268 e. The number of likely N-dealkylation sites (tertiary alicyclic amines) is 1. The lowest BCUT2D eigenvalue weighted by atomic mass is 9.85. The molecule has 2 aliphatic heterocycles. The molecule has 12 nitrogen and oxygen atoms in total. The van der Waals surface area contributed by atoms with Gasteiger partial charge in [0.2, 0.25) is 21.8 Å². The highest BCUT2D eigenvalue weighted by atomic mass is 32.2. The van der Waals surface area contributed by atoms with Gasteiger partial charge in [0.25, 0.3) is 11.8 Å². The number of nitrogens with one attached hydrogen (secondary N) is 3. The van der Waals surface area contributed by atoms with Crippen LogP contribution in [0.25, 0.3) is 10.8 Å². The molecule has 0 unspecified atom stereocenters. The highest BCUT2D eigenvalue weighted by Gasteiger charge is 2.62. The number of hydrogen-bond acceptors (Lipinski definition) is 7. The predicted octanol–water partition coefficient (Wildman–Crippen LogP) is 2.98. The van der Waals surface area contributed by atoms with E-state index >= 15 is 0 Å². The standard InChI is InChI=1S/C38H46N6O6S/c1-6-26-19-38(26,36(48)41-51(49,50)28-15-16-28)40-34(46)30-18-27(43-20-24-12-7-10-23-11-8-13-25(21-43)31(23)24)22-44(30)35(47)32(37(2,3)4)39-33(45)29-14-9-17-42(29)5/h6-14,17,26-28,30,32H,1,15-16,18-22H2,2-5H3,(H,39,45)(H,40,46)(H,41,48)/t26-,27-,30+,32-,38-/m1/s1. The average Bonchev–Trinajstić information content (AvgIpc) is 3.97. The largest absolute Gasteiger partial charge is 0.347 e. The van der Waals surface area contributed by atoms with Gasteiger partial charge in [0.05, 0.1) is 5.25 Å². The molecule has 3 N–H and O–H groups in total. The molecule has 270 valence electrons. The maximum absolute atomic E-state index is 14.7. The van der Waals surface area contributed by atoms with Crippen molar-refractivity contribution in [3.63, 3.8) is 0 Å². The Hall–Kier alpha value is -4.49. The second kappa shape index (κ2) is 12.6. The van der Waals surface area contributed by atoms with Gasteiger partial charge in [0, 0.05) is 44.8 Å². The van der Waals surface area contributed by atoms with Crippen LogP contribution in [0.3, 0.4) is 0 Å². The van der Waals surface area contributed by atoms with Gasteiger partial charge in [-0.15, -0.1) is 6.58 Å². The summed E-state index contributed by atoms with van der Waals surface area (Å²) in [6, 6.07) is 13.7. The van der Waals surface area contributed by atoms with Crippen molar-refractivity contribution in [2.75, 3.05) is 6.54 Å². The smallest absolute Gasteiger partial charge is 0.268 e. The molecule has 5 atom stereocenters. The second-order valence-corrected chi connectivity index (χ2v) is 17.7. The predicted molar refractivity (Wildman–Crippen MR) is 192 cm³/mol. The van der Waals surface area contributed by atoms with Crippen LogP contribution in [0.5, 0.6) is 0 Å². The number of carbonyl (C=O) groups excluding carboxylic acids is 4. The summed E-state index contributed by atoms with van der Waals surface area (Å²) in [5, 5.41) is 7.63. The number of amides is 4. The van der Waals surface area contributed by atoms with Crippen molar-refractivity contribution in [1.29, 1.82) is 0 Å². The Morgan fingerprint density at radius 2 is 1.67 bits per heavy atom. The van der Waals surface area contributed by atoms with E-state index in [9.17, 15) is 27.6 Å². The van der Waals surface area contributed by atoms with Crippen molar-refractivity contribution in [2.45, 2.75) is 88.5 Å². The molecule has 3 heterocycles. The Kier molecular flexibility index (Phi) is 8.65. The molecule has 4 aliphatic rings. The van der Waals surface area contributed by atoms with Gasteiger partial charge >= 0.3 is 0 Å². The highest BCUT2D eigenvalue weighted by molar-refractivity contribution is 7.91. The molecule has 2 aliphatic carbocycles. The zero-order valence-corrected chi connectivity index (χ0v) is 30.3. The first-order valence-electron chi connectivity index (χ1n) is 17.6. The zero-order valence-electron chi connectivity index (χ0n) is 29.5. The fourth-order valence-corrected chi connectivity index (χ4v) is 9.19. The minimum absolute atomic E-state index is 0.197. The minimum Gasteiger partial charge on any atom is -0.347 e. The number of nitrogens with zero attached hydrogens (tertiary/aromatic N) is 3. The lowest BCUT2D eigenvalue weighted by Crippen LogP contribution is -2.60. The summed E-state index contributed by atoms with van der Waals surface area (Å²) in [5.41, 5.74) is 0.519. The molecule has 4 amide bonds. The van der Waals surface area contributed by atoms with Gasteiger partial charge < -0.3 is 20.1 Å². The van der Waals surface area contributed by atoms with Crippen LogP contribution in [0.1, 0.15) is 68.1 Å². The minimum atomic E-state index is -3.86. The first kappa shape index (κ1) is 34.9. The molecule has 2 saturated carbocycles. The van der Waals surface area contributed by atoms with Crippen LogP contribution >= 0.6 is 0 Å². The number of aromatic nitrogens is 1. The van der Waals surface area contributed by atoms with E-state index in [0.717, 1.165) is 0 Å². The molecule has 51 heavy (non-hydrogen) atoms. The lowest BCUT2D eigenvalue weighted by molar-refractivity contribution is -0.142. The number of carbonyl (C=O) groups is 4. The van der Waals surface area contributed by atoms with Crippen molar-refractivity contribution in [3.05, 3.63) is 84.2 Å². The number of aryl methyl sites for hydroxylation is 1. The molecule has 0 spiro atoms. The Labute approximate surface area is 298 Å². The van der Waals surface area contributed by atoms with Gasteiger partial charge in [-0.05, 0) is 65.1 Å². The zero-order chi connectivity index (χ0) is 36.5. The molecule has 1 saturated heterocycles. The first-order chi connectivity index (χ1) is 24.1. The maximum atomic E-state index is 14.7. The van der Waals surface area contributed by atoms with Gasteiger partial charge in [0.15, 0.2) is 0 Å². The molecule has 0 radical (unpaired) electrons. The molecule has 3 aromatic rings. The fraction of sp³-hybridized carbons (Fsp3) is 0.474. The normalized spacial score (nSPS) is 25.3. The summed E-state index contributed by atoms with van der Waals surface area (Å²) in [6.07, 6.45) is 4.75. The van der Waals surface area contributed by atoms with Gasteiger partial charge in [-0.1, -0.05) is 63.2 Å². The van der Waals surface area contributed by atoms with Crippen LogP contribution in [0.4, 0.5) is 0 Å². The Bertz CT molecular complexity index is 2010. The highest BCUT2D eigenvalue weighted by Crippen LogP contribution is 2.46. The summed E-state index contributed by atoms with van der Waals surface area (Å²) < 4.78 is 29.3. The van der Waals surface area contributed by atoms with Gasteiger partial charge in [-0.25, -0.2) is 8.42 Å². The summed E-state index contributed by atoms with van der Waals surface area (Å²) >= 11 is 0. The van der Waals surface area contributed by atoms with Crippen LogP contribution in [-0.4, -0.2) is 81.9 Å². The van der Waals surface area contributed by atoms with Crippen LogP contribution < -0.4 is 15.4 Å². The van der Waals surface area contributed by atoms with Crippen molar-refractivity contribution in [1.82, 2.24) is 29.7 Å². The number of sulfonamides is 1. The molecule has 1 aromatic heterocycles. The second-order valence-electron chi connectivity index (χ2n) is 15.7. The molecule has 0 bridgehead atoms. The lowest BCUT2D eigenvalue weighted by Gasteiger charge is -2.36. The number of benzene rings is 2. The molecule has 7 rings (SSSR count). The van der Waals surface area contributed by atoms with E-state index in [2.05, 4.69) is 51.1 Å². The van der Waals surface area contributed by atoms with E-state index in [0.29, 0.717) is 31.6 Å². The van der Waals surface area contributed by atoms with E-state index in [-0.39, 0.29) is 25.4 Å². The van der Waals surface area contributed by atoms with E-state index < -0.39 is 67.9 Å². The van der Waals surface area contributed by atoms with E-state index in [1.54, 1.807) is 40.9 Å². The average molecular weight is 715 g/mol. The third-order valence-corrected chi connectivity index (χ3v) is 12.8. The topological polar surface area (TPSA) is 150 Å². The van der Waals surface area contributed by atoms with Crippen LogP contribution in [0.2, 0.25) is 0 Å². The Balaban J connectivity index is 1.19. The van der Waals surface area contributed by atoms with Crippen molar-refractivity contribution in [2.24, 2.45) is 18.4 Å². The summed E-state index contributed by atoms with van der Waals surface area (Å²) in [7, 11) is -2.11. The Morgan fingerprint density at radius 3 is 2.22 bits per heavy atom. The summed E-state index contributed by atoms with van der Waals surface area (Å²) in [5.74, 6) is -2.62. The first-order valence-corrected chi connectivity index (χ1v) is 19.1. The molecular weight excluding hydrogens is 669 g/mol. The van der Waals surface area contributed by atoms with Crippen LogP contribution in [0, 0.1) is 11.3 Å². The van der Waals surface area contributed by atoms with Gasteiger partial charge in [-0.2, -0.15) is 0 Å². The molecule has 3 fully saturated rings. The summed E-state index contributed by atoms with van der Waals surface area (Å²) in [6.45, 7) is 10.9. The fourth-order valence-electron chi connectivity index (χ4n) is 7.82. The SMILES string of the molecule is C=C[C@@H]1C[C@]1(NC(=O)[C@@H]1C[C@@H](N2Cc3cccc4cccc(c34)C2)CN1C(=O)[C@@H](NC(=O)c1cccn1C)C(C)(C)C)C(=O)NS(=O)(=O)C1CC1. The van der Waals surface area contributed by atoms with Crippen LogP contribution in [-0.2, 0) is 44.5 Å². The molecule has 13 heteroatoms. The summed E-state index contributed by atoms with van der Waals surface area (Å²) in [4.78, 5) is 60.0. The quantitative estimate of drug-likeness (QED) is 0.274. The number of rotatable bonds is 10. The monoisotopic (exact) mass is 714 g/mol. The van der Waals surface area contributed by atoms with Crippen molar-refractivity contribution in [3.8, 4) is 0 Å². The van der Waals surface area contributed by atoms with Crippen molar-refractivity contribution >= 4 is 44.4 Å². The Morgan fingerprint density at radius 1 is 1.00 bits per heavy atom. The number of hydrogen-bond donors (Lipinski definition) is 3. The van der Waals surface area contributed by atoms with Gasteiger partial charge in [-0.3, -0.25) is 28.8 Å². The van der Waals surface area contributed by atoms with Gasteiger partial charge in [0.1, 0.15) is 23.3 Å². The molecular formula is C38H46N6O6S. The van der Waals surface area contributed by atoms with Crippen LogP contribution in [0.15, 0.2) is 67.4 Å². The van der Waals surface area contributed by atoms with E-state index in [1.165, 1.54) is 21.9 Å². The molecule has 2 aromatic carbocycles.